The Balaban J connectivity index is 2.04. The van der Waals surface area contributed by atoms with Gasteiger partial charge in [0.15, 0.2) is 0 Å². The van der Waals surface area contributed by atoms with E-state index in [0.717, 1.165) is 19.5 Å². The van der Waals surface area contributed by atoms with Gasteiger partial charge in [0.25, 0.3) is 0 Å². The van der Waals surface area contributed by atoms with E-state index in [1.165, 1.54) is 11.8 Å². The van der Waals surface area contributed by atoms with E-state index in [1.807, 2.05) is 0 Å². The largest absolute Gasteiger partial charge is 0.453 e. The summed E-state index contributed by atoms with van der Waals surface area (Å²) in [5, 5.41) is 3.50. The molecule has 0 aromatic rings. The minimum Gasteiger partial charge on any atom is -0.453 e. The maximum atomic E-state index is 10.7. The second-order valence-corrected chi connectivity index (χ2v) is 3.73. The summed E-state index contributed by atoms with van der Waals surface area (Å²) >= 11 is 1.33. The van der Waals surface area contributed by atoms with Gasteiger partial charge in [-0.3, -0.25) is 0 Å². The van der Waals surface area contributed by atoms with Crippen molar-refractivity contribution in [3.05, 3.63) is 0 Å². The lowest BCUT2D eigenvalue weighted by molar-refractivity contribution is 0.117. The van der Waals surface area contributed by atoms with Crippen LogP contribution < -0.4 is 5.32 Å². The first-order chi connectivity index (χ1) is 4.86. The molecule has 10 heavy (non-hydrogen) atoms. The Morgan fingerprint density at radius 3 is 3.40 bits per heavy atom. The number of nitrogens with one attached hydrogen (secondary N) is 1. The van der Waals surface area contributed by atoms with Gasteiger partial charge in [-0.15, -0.1) is 0 Å². The van der Waals surface area contributed by atoms with Gasteiger partial charge in [0.1, 0.15) is 6.10 Å². The van der Waals surface area contributed by atoms with Gasteiger partial charge in [0, 0.05) is 6.54 Å². The molecule has 2 atom stereocenters. The maximum absolute atomic E-state index is 10.7. The second kappa shape index (κ2) is 2.43. The molecule has 1 N–H and O–H groups in total. The van der Waals surface area contributed by atoms with E-state index in [0.29, 0.717) is 5.25 Å². The molecule has 2 saturated heterocycles. The number of carbonyl (C=O) groups excluding carboxylic acids is 1. The first kappa shape index (κ1) is 6.49. The topological polar surface area (TPSA) is 38.3 Å². The van der Waals surface area contributed by atoms with Crippen molar-refractivity contribution in [1.82, 2.24) is 5.32 Å². The Labute approximate surface area is 63.5 Å². The molecule has 2 unspecified atom stereocenters. The highest BCUT2D eigenvalue weighted by molar-refractivity contribution is 8.14. The van der Waals surface area contributed by atoms with Crippen LogP contribution in [-0.4, -0.2) is 29.7 Å². The summed E-state index contributed by atoms with van der Waals surface area (Å²) in [6.07, 6.45) is 1.17. The molecule has 2 aliphatic rings. The Morgan fingerprint density at radius 1 is 1.70 bits per heavy atom. The summed E-state index contributed by atoms with van der Waals surface area (Å²) in [6, 6.07) is 0. The number of piperidine rings is 1. The summed E-state index contributed by atoms with van der Waals surface area (Å²) in [5.74, 6) is 0. The molecule has 0 saturated carbocycles. The van der Waals surface area contributed by atoms with Gasteiger partial charge in [-0.05, 0) is 24.7 Å². The van der Waals surface area contributed by atoms with Crippen molar-refractivity contribution in [1.29, 1.82) is 0 Å². The van der Waals surface area contributed by atoms with Crippen molar-refractivity contribution >= 4 is 17.1 Å². The van der Waals surface area contributed by atoms with Gasteiger partial charge in [-0.2, -0.15) is 0 Å². The van der Waals surface area contributed by atoms with Crippen LogP contribution in [0.2, 0.25) is 0 Å². The first-order valence-electron chi connectivity index (χ1n) is 3.44. The molecular formula is C6H9NO2S. The summed E-state index contributed by atoms with van der Waals surface area (Å²) in [5.41, 5.74) is 0. The van der Waals surface area contributed by atoms with E-state index < -0.39 is 0 Å². The molecule has 0 aromatic carbocycles. The molecule has 0 radical (unpaired) electrons. The number of fused-ring (bicyclic) bond motifs is 1. The SMILES string of the molecule is O=C1OC2CCNCC2S1. The van der Waals surface area contributed by atoms with Crippen LogP contribution in [0, 0.1) is 0 Å². The fourth-order valence-corrected chi connectivity index (χ4v) is 2.30. The molecule has 2 fully saturated rings. The molecule has 0 bridgehead atoms. The average Bonchev–Trinajstić information content (AvgIpc) is 2.27. The van der Waals surface area contributed by atoms with Crippen LogP contribution in [0.15, 0.2) is 0 Å². The van der Waals surface area contributed by atoms with Crippen LogP contribution in [0.25, 0.3) is 0 Å². The minimum absolute atomic E-state index is 0.0984. The smallest absolute Gasteiger partial charge is 0.368 e. The Bertz CT molecular complexity index is 146. The number of carbonyl (C=O) groups is 1. The highest BCUT2D eigenvalue weighted by Crippen LogP contribution is 2.31. The lowest BCUT2D eigenvalue weighted by Crippen LogP contribution is -2.39. The van der Waals surface area contributed by atoms with E-state index in [-0.39, 0.29) is 11.4 Å². The standard InChI is InChI=1S/C6H9NO2S/c8-6-9-4-1-2-7-3-5(4)10-6/h4-5,7H,1-3H2. The van der Waals surface area contributed by atoms with Crippen LogP contribution in [-0.2, 0) is 4.74 Å². The Kier molecular flexibility index (Phi) is 1.58. The number of thioether (sulfide) groups is 1. The van der Waals surface area contributed by atoms with Crippen molar-refractivity contribution in [2.24, 2.45) is 0 Å². The van der Waals surface area contributed by atoms with Crippen molar-refractivity contribution < 1.29 is 9.53 Å². The van der Waals surface area contributed by atoms with Crippen molar-refractivity contribution in [3.8, 4) is 0 Å². The summed E-state index contributed by atoms with van der Waals surface area (Å²) in [4.78, 5) is 10.7. The molecule has 0 amide bonds. The zero-order valence-corrected chi connectivity index (χ0v) is 6.32. The molecule has 0 aliphatic carbocycles. The number of ether oxygens (including phenoxy) is 1. The minimum atomic E-state index is -0.0984. The average molecular weight is 159 g/mol. The monoisotopic (exact) mass is 159 g/mol. The summed E-state index contributed by atoms with van der Waals surface area (Å²) < 4.78 is 5.05. The highest BCUT2D eigenvalue weighted by atomic mass is 32.2. The number of hydrogen-bond donors (Lipinski definition) is 1. The molecule has 2 rings (SSSR count). The van der Waals surface area contributed by atoms with Crippen LogP contribution >= 0.6 is 11.8 Å². The van der Waals surface area contributed by atoms with Crippen LogP contribution in [0.4, 0.5) is 4.79 Å². The fraction of sp³-hybridized carbons (Fsp3) is 0.833. The van der Waals surface area contributed by atoms with Crippen molar-refractivity contribution in [3.63, 3.8) is 0 Å². The van der Waals surface area contributed by atoms with Crippen LogP contribution in [0.5, 0.6) is 0 Å². The predicted octanol–water partition coefficient (Wildman–Crippen LogP) is 0.600. The molecule has 2 aliphatic heterocycles. The molecule has 0 spiro atoms. The maximum Gasteiger partial charge on any atom is 0.368 e. The fourth-order valence-electron chi connectivity index (χ4n) is 1.33. The van der Waals surface area contributed by atoms with E-state index in [9.17, 15) is 4.79 Å². The van der Waals surface area contributed by atoms with Gasteiger partial charge in [-0.1, -0.05) is 0 Å². The molecule has 56 valence electrons. The zero-order chi connectivity index (χ0) is 6.97. The lowest BCUT2D eigenvalue weighted by Gasteiger charge is -2.22. The number of hydrogen-bond acceptors (Lipinski definition) is 4. The van der Waals surface area contributed by atoms with E-state index >= 15 is 0 Å². The normalized spacial score (nSPS) is 39.0. The Morgan fingerprint density at radius 2 is 2.60 bits per heavy atom. The Hall–Kier alpha value is -0.220. The molecule has 0 aromatic heterocycles. The van der Waals surface area contributed by atoms with Gasteiger partial charge >= 0.3 is 5.30 Å². The van der Waals surface area contributed by atoms with Gasteiger partial charge in [-0.25, -0.2) is 4.79 Å². The number of rotatable bonds is 0. The zero-order valence-electron chi connectivity index (χ0n) is 5.50. The van der Waals surface area contributed by atoms with E-state index in [1.54, 1.807) is 0 Å². The molecular weight excluding hydrogens is 150 g/mol. The lowest BCUT2D eigenvalue weighted by atomic mass is 10.1. The predicted molar refractivity (Wildman–Crippen MR) is 39.1 cm³/mol. The highest BCUT2D eigenvalue weighted by Gasteiger charge is 2.37. The third kappa shape index (κ3) is 1.01. The van der Waals surface area contributed by atoms with Gasteiger partial charge in [0.05, 0.1) is 5.25 Å². The van der Waals surface area contributed by atoms with Crippen LogP contribution in [0.1, 0.15) is 6.42 Å². The van der Waals surface area contributed by atoms with Crippen LogP contribution in [0.3, 0.4) is 0 Å². The third-order valence-corrected chi connectivity index (χ3v) is 2.92. The summed E-state index contributed by atoms with van der Waals surface area (Å²) in [6.45, 7) is 1.90. The molecule has 2 heterocycles. The van der Waals surface area contributed by atoms with E-state index in [2.05, 4.69) is 5.32 Å². The molecule has 4 heteroatoms. The van der Waals surface area contributed by atoms with E-state index in [4.69, 9.17) is 4.74 Å². The summed E-state index contributed by atoms with van der Waals surface area (Å²) in [7, 11) is 0. The molecule has 3 nitrogen and oxygen atoms in total. The van der Waals surface area contributed by atoms with Crippen molar-refractivity contribution in [2.45, 2.75) is 17.8 Å². The quantitative estimate of drug-likeness (QED) is 0.525. The van der Waals surface area contributed by atoms with Gasteiger partial charge < -0.3 is 10.1 Å². The second-order valence-electron chi connectivity index (χ2n) is 2.56. The van der Waals surface area contributed by atoms with Crippen molar-refractivity contribution in [2.75, 3.05) is 13.1 Å². The third-order valence-electron chi connectivity index (χ3n) is 1.86. The first-order valence-corrected chi connectivity index (χ1v) is 4.32. The van der Waals surface area contributed by atoms with Gasteiger partial charge in [0.2, 0.25) is 0 Å².